The van der Waals surface area contributed by atoms with Crippen molar-refractivity contribution in [2.75, 3.05) is 19.7 Å². The molecule has 2 aliphatic rings. The lowest BCUT2D eigenvalue weighted by Gasteiger charge is -2.46. The van der Waals surface area contributed by atoms with E-state index >= 15 is 0 Å². The summed E-state index contributed by atoms with van der Waals surface area (Å²) in [6.07, 6.45) is 6.60. The molecule has 29 heavy (non-hydrogen) atoms. The highest BCUT2D eigenvalue weighted by molar-refractivity contribution is 5.93. The number of nitrogens with zero attached hydrogens (tertiary/aromatic N) is 3. The Morgan fingerprint density at radius 2 is 1.93 bits per heavy atom. The van der Waals surface area contributed by atoms with Gasteiger partial charge in [0.2, 0.25) is 5.91 Å². The van der Waals surface area contributed by atoms with Crippen LogP contribution in [-0.4, -0.2) is 58.3 Å². The van der Waals surface area contributed by atoms with E-state index in [1.165, 1.54) is 12.4 Å². The third-order valence-corrected chi connectivity index (χ3v) is 5.90. The van der Waals surface area contributed by atoms with Crippen molar-refractivity contribution in [3.63, 3.8) is 0 Å². The van der Waals surface area contributed by atoms with Gasteiger partial charge in [0.1, 0.15) is 0 Å². The van der Waals surface area contributed by atoms with Crippen molar-refractivity contribution in [3.05, 3.63) is 59.9 Å². The van der Waals surface area contributed by atoms with Gasteiger partial charge in [0.25, 0.3) is 5.91 Å². The van der Waals surface area contributed by atoms with Crippen LogP contribution >= 0.6 is 0 Å². The number of benzene rings is 1. The first-order valence-corrected chi connectivity index (χ1v) is 10.2. The van der Waals surface area contributed by atoms with E-state index < -0.39 is 0 Å². The van der Waals surface area contributed by atoms with Crippen molar-refractivity contribution in [3.8, 4) is 0 Å². The summed E-state index contributed by atoms with van der Waals surface area (Å²) < 4.78 is 6.16. The highest BCUT2D eigenvalue weighted by Crippen LogP contribution is 2.35. The van der Waals surface area contributed by atoms with Crippen LogP contribution in [0.3, 0.4) is 0 Å². The van der Waals surface area contributed by atoms with Crippen LogP contribution in [-0.2, 0) is 16.0 Å². The molecule has 0 saturated carbocycles. The number of rotatable bonds is 4. The summed E-state index contributed by atoms with van der Waals surface area (Å²) in [5.74, 6) is 0.0364. The minimum atomic E-state index is -0.254. The first kappa shape index (κ1) is 19.5. The average Bonchev–Trinajstić information content (AvgIpc) is 2.75. The Kier molecular flexibility index (Phi) is 5.85. The predicted molar refractivity (Wildman–Crippen MR) is 107 cm³/mol. The fraction of sp³-hybridized carbons (Fsp3) is 0.455. The van der Waals surface area contributed by atoms with Crippen LogP contribution in [0.15, 0.2) is 48.8 Å². The number of piperidine rings is 1. The molecular formula is C22H26N4O3. The summed E-state index contributed by atoms with van der Waals surface area (Å²) in [5.41, 5.74) is 1.30. The number of amides is 2. The molecule has 7 heteroatoms. The Bertz CT molecular complexity index is 836. The summed E-state index contributed by atoms with van der Waals surface area (Å²) in [6.45, 7) is 2.01. The fourth-order valence-electron chi connectivity index (χ4n) is 4.24. The van der Waals surface area contributed by atoms with E-state index in [0.29, 0.717) is 31.7 Å². The van der Waals surface area contributed by atoms with Crippen molar-refractivity contribution in [1.82, 2.24) is 20.4 Å². The van der Waals surface area contributed by atoms with E-state index in [4.69, 9.17) is 4.74 Å². The van der Waals surface area contributed by atoms with E-state index in [0.717, 1.165) is 31.2 Å². The van der Waals surface area contributed by atoms with Crippen molar-refractivity contribution in [2.24, 2.45) is 0 Å². The maximum Gasteiger partial charge on any atom is 0.253 e. The monoisotopic (exact) mass is 394 g/mol. The molecule has 2 aliphatic heterocycles. The summed E-state index contributed by atoms with van der Waals surface area (Å²) in [4.78, 5) is 27.0. The molecule has 7 nitrogen and oxygen atoms in total. The van der Waals surface area contributed by atoms with E-state index in [-0.39, 0.29) is 23.5 Å². The highest BCUT2D eigenvalue weighted by atomic mass is 16.5. The average molecular weight is 394 g/mol. The van der Waals surface area contributed by atoms with E-state index in [1.807, 2.05) is 35.2 Å². The van der Waals surface area contributed by atoms with E-state index in [1.54, 1.807) is 6.07 Å². The number of ether oxygens (including phenoxy) is 1. The number of hydrogen-bond acceptors (Lipinski definition) is 5. The van der Waals surface area contributed by atoms with Crippen LogP contribution in [0.25, 0.3) is 0 Å². The highest BCUT2D eigenvalue weighted by Gasteiger charge is 2.41. The molecule has 152 valence electrons. The van der Waals surface area contributed by atoms with E-state index in [2.05, 4.69) is 15.5 Å². The van der Waals surface area contributed by atoms with Crippen molar-refractivity contribution in [2.45, 2.75) is 43.7 Å². The maximum atomic E-state index is 12.6. The Hall–Kier alpha value is -2.80. The molecule has 1 spiro atoms. The minimum Gasteiger partial charge on any atom is -0.375 e. The molecule has 1 N–H and O–H groups in total. The Morgan fingerprint density at radius 3 is 2.66 bits per heavy atom. The SMILES string of the molecule is O=C(N[C@@H]1CCOC2(CCN(C(=O)Cc3ccccc3)CC2)C1)c1ccnnc1. The van der Waals surface area contributed by atoms with Gasteiger partial charge < -0.3 is 15.0 Å². The lowest BCUT2D eigenvalue weighted by molar-refractivity contribution is -0.143. The largest absolute Gasteiger partial charge is 0.375 e. The normalized spacial score (nSPS) is 21.0. The molecule has 2 aromatic rings. The molecule has 1 aromatic carbocycles. The molecule has 2 amide bonds. The number of hydrogen-bond donors (Lipinski definition) is 1. The van der Waals surface area contributed by atoms with Gasteiger partial charge in [-0.15, -0.1) is 0 Å². The van der Waals surface area contributed by atoms with Crippen LogP contribution in [0.5, 0.6) is 0 Å². The van der Waals surface area contributed by atoms with Gasteiger partial charge in [-0.3, -0.25) is 9.59 Å². The molecule has 2 saturated heterocycles. The van der Waals surface area contributed by atoms with Gasteiger partial charge in [-0.25, -0.2) is 0 Å². The Morgan fingerprint density at radius 1 is 1.14 bits per heavy atom. The number of likely N-dealkylation sites (tertiary alicyclic amines) is 1. The van der Waals surface area contributed by atoms with Crippen LogP contribution in [0.2, 0.25) is 0 Å². The zero-order chi connectivity index (χ0) is 20.1. The maximum absolute atomic E-state index is 12.6. The van der Waals surface area contributed by atoms with Gasteiger partial charge in [0.05, 0.1) is 30.0 Å². The van der Waals surface area contributed by atoms with Crippen LogP contribution in [0.1, 0.15) is 41.6 Å². The molecule has 3 heterocycles. The number of carbonyl (C=O) groups excluding carboxylic acids is 2. The second kappa shape index (κ2) is 8.69. The smallest absolute Gasteiger partial charge is 0.253 e. The first-order valence-electron chi connectivity index (χ1n) is 10.2. The van der Waals surface area contributed by atoms with Gasteiger partial charge in [0.15, 0.2) is 0 Å². The standard InChI is InChI=1S/C22H26N4O3/c27-20(14-17-4-2-1-3-5-17)26-11-8-22(9-12-26)15-19(7-13-29-22)25-21(28)18-6-10-23-24-16-18/h1-6,10,16,19H,7-9,11-15H2,(H,25,28)/t19-/m1/s1. The molecule has 0 bridgehead atoms. The van der Waals surface area contributed by atoms with E-state index in [9.17, 15) is 9.59 Å². The van der Waals surface area contributed by atoms with Crippen LogP contribution < -0.4 is 5.32 Å². The predicted octanol–water partition coefficient (Wildman–Crippen LogP) is 1.99. The van der Waals surface area contributed by atoms with Crippen molar-refractivity contribution in [1.29, 1.82) is 0 Å². The van der Waals surface area contributed by atoms with Gasteiger partial charge in [-0.1, -0.05) is 30.3 Å². The Labute approximate surface area is 170 Å². The molecule has 1 atom stereocenters. The number of nitrogens with one attached hydrogen (secondary N) is 1. The van der Waals surface area contributed by atoms with Gasteiger partial charge in [0, 0.05) is 25.7 Å². The zero-order valence-corrected chi connectivity index (χ0v) is 16.4. The third-order valence-electron chi connectivity index (χ3n) is 5.90. The topological polar surface area (TPSA) is 84.4 Å². The third kappa shape index (κ3) is 4.79. The Balaban J connectivity index is 1.30. The summed E-state index contributed by atoms with van der Waals surface area (Å²) in [6, 6.07) is 11.6. The molecule has 0 radical (unpaired) electrons. The molecule has 0 aliphatic carbocycles. The molecular weight excluding hydrogens is 368 g/mol. The fourth-order valence-corrected chi connectivity index (χ4v) is 4.24. The quantitative estimate of drug-likeness (QED) is 0.857. The summed E-state index contributed by atoms with van der Waals surface area (Å²) >= 11 is 0. The summed E-state index contributed by atoms with van der Waals surface area (Å²) in [5, 5.41) is 10.6. The van der Waals surface area contributed by atoms with Crippen molar-refractivity contribution >= 4 is 11.8 Å². The molecule has 1 aromatic heterocycles. The summed E-state index contributed by atoms with van der Waals surface area (Å²) in [7, 11) is 0. The van der Waals surface area contributed by atoms with Crippen molar-refractivity contribution < 1.29 is 14.3 Å². The minimum absolute atomic E-state index is 0.0657. The lowest BCUT2D eigenvalue weighted by Crippen LogP contribution is -2.54. The zero-order valence-electron chi connectivity index (χ0n) is 16.4. The lowest BCUT2D eigenvalue weighted by atomic mass is 9.82. The molecule has 0 unspecified atom stereocenters. The first-order chi connectivity index (χ1) is 14.1. The van der Waals surface area contributed by atoms with Gasteiger partial charge in [-0.05, 0) is 37.3 Å². The molecule has 2 fully saturated rings. The second-order valence-corrected chi connectivity index (χ2v) is 7.87. The number of aromatic nitrogens is 2. The van der Waals surface area contributed by atoms with Crippen LogP contribution in [0.4, 0.5) is 0 Å². The van der Waals surface area contributed by atoms with Gasteiger partial charge in [-0.2, -0.15) is 10.2 Å². The van der Waals surface area contributed by atoms with Crippen LogP contribution in [0, 0.1) is 0 Å². The van der Waals surface area contributed by atoms with Gasteiger partial charge >= 0.3 is 0 Å². The number of carbonyl (C=O) groups is 2. The second-order valence-electron chi connectivity index (χ2n) is 7.87. The molecule has 4 rings (SSSR count).